The average Bonchev–Trinajstić information content (AvgIpc) is 2.37. The molecule has 19 heavy (non-hydrogen) atoms. The number of aliphatic hydroxyl groups is 1. The zero-order valence-electron chi connectivity index (χ0n) is 10.5. The molecule has 0 radical (unpaired) electrons. The van der Waals surface area contributed by atoms with E-state index in [9.17, 15) is 18.3 Å². The molecule has 0 aromatic carbocycles. The van der Waals surface area contributed by atoms with E-state index in [1.165, 1.54) is 12.3 Å². The van der Waals surface area contributed by atoms with Crippen LogP contribution in [0.3, 0.4) is 0 Å². The molecule has 1 heterocycles. The highest BCUT2D eigenvalue weighted by Crippen LogP contribution is 2.31. The Kier molecular flexibility index (Phi) is 4.42. The molecule has 0 atom stereocenters. The Bertz CT molecular complexity index is 415. The van der Waals surface area contributed by atoms with E-state index in [0.29, 0.717) is 12.8 Å². The van der Waals surface area contributed by atoms with E-state index in [-0.39, 0.29) is 24.4 Å². The Labute approximate surface area is 109 Å². The van der Waals surface area contributed by atoms with Gasteiger partial charge >= 0.3 is 6.18 Å². The molecule has 6 heteroatoms. The minimum atomic E-state index is -4.37. The Morgan fingerprint density at radius 3 is 2.58 bits per heavy atom. The first kappa shape index (κ1) is 14.3. The van der Waals surface area contributed by atoms with Crippen LogP contribution in [-0.4, -0.2) is 22.2 Å². The second kappa shape index (κ2) is 5.88. The molecule has 2 rings (SSSR count). The lowest BCUT2D eigenvalue weighted by molar-refractivity contribution is -0.138. The number of aromatic nitrogens is 1. The fourth-order valence-corrected chi connectivity index (χ4v) is 2.36. The van der Waals surface area contributed by atoms with Crippen molar-refractivity contribution in [2.24, 2.45) is 0 Å². The van der Waals surface area contributed by atoms with Crippen LogP contribution in [0, 0.1) is 0 Å². The Morgan fingerprint density at radius 2 is 1.95 bits per heavy atom. The highest BCUT2D eigenvalue weighted by molar-refractivity contribution is 5.22. The maximum absolute atomic E-state index is 12.8. The molecule has 0 spiro atoms. The van der Waals surface area contributed by atoms with Crippen molar-refractivity contribution in [1.82, 2.24) is 10.3 Å². The van der Waals surface area contributed by atoms with Gasteiger partial charge in [-0.25, -0.2) is 0 Å². The van der Waals surface area contributed by atoms with Crippen LogP contribution in [0.15, 0.2) is 18.3 Å². The number of rotatable bonds is 3. The molecule has 0 amide bonds. The van der Waals surface area contributed by atoms with Crippen molar-refractivity contribution in [2.75, 3.05) is 0 Å². The molecule has 1 saturated carbocycles. The molecule has 1 aliphatic carbocycles. The smallest absolute Gasteiger partial charge is 0.393 e. The van der Waals surface area contributed by atoms with Crippen LogP contribution in [0.5, 0.6) is 0 Å². The summed E-state index contributed by atoms with van der Waals surface area (Å²) < 4.78 is 38.3. The monoisotopic (exact) mass is 274 g/mol. The number of aliphatic hydroxyl groups excluding tert-OH is 1. The molecule has 2 N–H and O–H groups in total. The number of halogens is 3. The third-order valence-electron chi connectivity index (χ3n) is 3.45. The molecule has 0 aliphatic heterocycles. The molecule has 0 unspecified atom stereocenters. The number of nitrogens with one attached hydrogen (secondary N) is 1. The molecule has 1 aliphatic rings. The predicted octanol–water partition coefficient (Wildman–Crippen LogP) is 2.49. The molecule has 106 valence electrons. The van der Waals surface area contributed by atoms with Crippen LogP contribution in [0.2, 0.25) is 0 Å². The van der Waals surface area contributed by atoms with Gasteiger partial charge < -0.3 is 10.4 Å². The zero-order chi connectivity index (χ0) is 13.9. The largest absolute Gasteiger partial charge is 0.418 e. The first-order valence-corrected chi connectivity index (χ1v) is 6.39. The van der Waals surface area contributed by atoms with Gasteiger partial charge in [0.15, 0.2) is 0 Å². The third-order valence-corrected chi connectivity index (χ3v) is 3.45. The number of alkyl halides is 3. The molecule has 0 saturated heterocycles. The maximum Gasteiger partial charge on any atom is 0.418 e. The van der Waals surface area contributed by atoms with Crippen LogP contribution in [0.25, 0.3) is 0 Å². The highest BCUT2D eigenvalue weighted by atomic mass is 19.4. The summed E-state index contributed by atoms with van der Waals surface area (Å²) in [6.45, 7) is 0.108. The lowest BCUT2D eigenvalue weighted by Crippen LogP contribution is -2.34. The van der Waals surface area contributed by atoms with E-state index in [2.05, 4.69) is 10.3 Å². The summed E-state index contributed by atoms with van der Waals surface area (Å²) in [7, 11) is 0. The first-order chi connectivity index (χ1) is 8.97. The van der Waals surface area contributed by atoms with Gasteiger partial charge in [0.1, 0.15) is 0 Å². The number of nitrogens with zero attached hydrogens (tertiary/aromatic N) is 1. The predicted molar refractivity (Wildman–Crippen MR) is 64.3 cm³/mol. The lowest BCUT2D eigenvalue weighted by atomic mass is 9.93. The quantitative estimate of drug-likeness (QED) is 0.890. The van der Waals surface area contributed by atoms with Gasteiger partial charge in [-0.05, 0) is 37.8 Å². The standard InChI is InChI=1S/C13H17F3N2O/c14-13(15,16)11-2-1-7-17-12(11)8-18-9-3-5-10(19)6-4-9/h1-2,7,9-10,18-19H,3-6,8H2. The van der Waals surface area contributed by atoms with Crippen LogP contribution in [-0.2, 0) is 12.7 Å². The molecule has 1 aromatic heterocycles. The van der Waals surface area contributed by atoms with Crippen LogP contribution in [0.1, 0.15) is 36.9 Å². The Balaban J connectivity index is 1.96. The number of hydrogen-bond acceptors (Lipinski definition) is 3. The van der Waals surface area contributed by atoms with E-state index in [1.54, 1.807) is 0 Å². The normalized spacial score (nSPS) is 24.4. The van der Waals surface area contributed by atoms with E-state index >= 15 is 0 Å². The van der Waals surface area contributed by atoms with Gasteiger partial charge in [-0.1, -0.05) is 0 Å². The van der Waals surface area contributed by atoms with Crippen LogP contribution < -0.4 is 5.32 Å². The van der Waals surface area contributed by atoms with Crippen molar-refractivity contribution in [3.63, 3.8) is 0 Å². The van der Waals surface area contributed by atoms with Crippen molar-refractivity contribution in [1.29, 1.82) is 0 Å². The Hall–Kier alpha value is -1.14. The Morgan fingerprint density at radius 1 is 1.26 bits per heavy atom. The van der Waals surface area contributed by atoms with E-state index < -0.39 is 11.7 Å². The summed E-state index contributed by atoms with van der Waals surface area (Å²) in [5.41, 5.74) is -0.653. The van der Waals surface area contributed by atoms with E-state index in [0.717, 1.165) is 18.9 Å². The molecule has 1 aromatic rings. The third kappa shape index (κ3) is 3.91. The summed E-state index contributed by atoms with van der Waals surface area (Å²) in [4.78, 5) is 3.81. The van der Waals surface area contributed by atoms with Crippen molar-refractivity contribution < 1.29 is 18.3 Å². The van der Waals surface area contributed by atoms with Gasteiger partial charge in [0.2, 0.25) is 0 Å². The summed E-state index contributed by atoms with van der Waals surface area (Å²) in [5, 5.41) is 12.5. The first-order valence-electron chi connectivity index (χ1n) is 6.39. The second-order valence-corrected chi connectivity index (χ2v) is 4.88. The van der Waals surface area contributed by atoms with E-state index in [1.807, 2.05) is 0 Å². The van der Waals surface area contributed by atoms with Crippen molar-refractivity contribution in [3.8, 4) is 0 Å². The molecule has 0 bridgehead atoms. The van der Waals surface area contributed by atoms with Crippen molar-refractivity contribution in [3.05, 3.63) is 29.6 Å². The topological polar surface area (TPSA) is 45.1 Å². The van der Waals surface area contributed by atoms with Gasteiger partial charge in [-0.2, -0.15) is 13.2 Å². The van der Waals surface area contributed by atoms with Gasteiger partial charge in [0, 0.05) is 18.8 Å². The van der Waals surface area contributed by atoms with Crippen molar-refractivity contribution in [2.45, 2.75) is 50.6 Å². The maximum atomic E-state index is 12.8. The summed E-state index contributed by atoms with van der Waals surface area (Å²) >= 11 is 0. The number of pyridine rings is 1. The summed E-state index contributed by atoms with van der Waals surface area (Å²) in [6.07, 6.45) is -0.285. The second-order valence-electron chi connectivity index (χ2n) is 4.88. The zero-order valence-corrected chi connectivity index (χ0v) is 10.5. The fourth-order valence-electron chi connectivity index (χ4n) is 2.36. The summed E-state index contributed by atoms with van der Waals surface area (Å²) in [6, 6.07) is 2.50. The SMILES string of the molecule is OC1CCC(NCc2ncccc2C(F)(F)F)CC1. The molecular formula is C13H17F3N2O. The fraction of sp³-hybridized carbons (Fsp3) is 0.615. The minimum Gasteiger partial charge on any atom is -0.393 e. The minimum absolute atomic E-state index is 0.0288. The highest BCUT2D eigenvalue weighted by Gasteiger charge is 2.33. The van der Waals surface area contributed by atoms with Crippen LogP contribution in [0.4, 0.5) is 13.2 Å². The van der Waals surface area contributed by atoms with Gasteiger partial charge in [-0.15, -0.1) is 0 Å². The van der Waals surface area contributed by atoms with E-state index in [4.69, 9.17) is 0 Å². The molecular weight excluding hydrogens is 257 g/mol. The van der Waals surface area contributed by atoms with Gasteiger partial charge in [0.05, 0.1) is 17.4 Å². The van der Waals surface area contributed by atoms with Crippen molar-refractivity contribution >= 4 is 0 Å². The number of hydrogen-bond donors (Lipinski definition) is 2. The molecule has 1 fully saturated rings. The van der Waals surface area contributed by atoms with Gasteiger partial charge in [0.25, 0.3) is 0 Å². The van der Waals surface area contributed by atoms with Gasteiger partial charge in [-0.3, -0.25) is 4.98 Å². The molecule has 3 nitrogen and oxygen atoms in total. The average molecular weight is 274 g/mol. The lowest BCUT2D eigenvalue weighted by Gasteiger charge is -2.26. The summed E-state index contributed by atoms with van der Waals surface area (Å²) in [5.74, 6) is 0. The van der Waals surface area contributed by atoms with Crippen LogP contribution >= 0.6 is 0 Å².